The van der Waals surface area contributed by atoms with Crippen LogP contribution in [-0.2, 0) is 14.3 Å². The number of esters is 1. The third-order valence-corrected chi connectivity index (χ3v) is 3.53. The smallest absolute Gasteiger partial charge is 0.410 e. The molecule has 0 bridgehead atoms. The summed E-state index contributed by atoms with van der Waals surface area (Å²) in [5.41, 5.74) is -1.93. The monoisotopic (exact) mass is 353 g/mol. The van der Waals surface area contributed by atoms with Gasteiger partial charge in [0.05, 0.1) is 5.41 Å². The second-order valence-corrected chi connectivity index (χ2v) is 8.42. The Morgan fingerprint density at radius 3 is 1.72 bits per heavy atom. The van der Waals surface area contributed by atoms with Gasteiger partial charge in [0.2, 0.25) is 0 Å². The highest BCUT2D eigenvalue weighted by molar-refractivity contribution is 5.78. The maximum absolute atomic E-state index is 12.8. The molecule has 0 saturated heterocycles. The van der Waals surface area contributed by atoms with E-state index in [1.807, 2.05) is 41.5 Å². The Morgan fingerprint density at radius 1 is 0.920 bits per heavy atom. The molecule has 0 aromatic rings. The molecule has 5 heteroatoms. The van der Waals surface area contributed by atoms with Gasteiger partial charge in [0.15, 0.2) is 0 Å². The van der Waals surface area contributed by atoms with Crippen LogP contribution in [0.2, 0.25) is 0 Å². The minimum atomic E-state index is -0.785. The van der Waals surface area contributed by atoms with Gasteiger partial charge in [0, 0.05) is 13.6 Å². The first-order valence-corrected chi connectivity index (χ1v) is 8.66. The fourth-order valence-corrected chi connectivity index (χ4v) is 2.31. The molecule has 0 radical (unpaired) electrons. The van der Waals surface area contributed by atoms with Gasteiger partial charge in [-0.25, -0.2) is 4.79 Å². The van der Waals surface area contributed by atoms with Gasteiger partial charge in [0.25, 0.3) is 0 Å². The molecule has 1 amide bonds. The fourth-order valence-electron chi connectivity index (χ4n) is 2.31. The molecule has 0 rings (SSSR count). The molecule has 0 N–H and O–H groups in total. The zero-order valence-electron chi connectivity index (χ0n) is 17.0. The van der Waals surface area contributed by atoms with Crippen molar-refractivity contribution in [3.8, 4) is 0 Å². The number of nitrogens with zero attached hydrogens (tertiary/aromatic N) is 1. The molecule has 0 spiro atoms. The van der Waals surface area contributed by atoms with Crippen molar-refractivity contribution in [1.82, 2.24) is 4.90 Å². The summed E-state index contributed by atoms with van der Waals surface area (Å²) >= 11 is 0. The van der Waals surface area contributed by atoms with E-state index in [1.54, 1.807) is 19.2 Å². The molecule has 0 aromatic heterocycles. The summed E-state index contributed by atoms with van der Waals surface area (Å²) in [5.74, 6) is -0.294. The summed E-state index contributed by atoms with van der Waals surface area (Å²) in [6, 6.07) is 0. The van der Waals surface area contributed by atoms with Gasteiger partial charge in [-0.2, -0.15) is 0 Å². The van der Waals surface area contributed by atoms with Crippen molar-refractivity contribution < 1.29 is 19.1 Å². The fraction of sp³-hybridized carbons (Fsp3) is 0.700. The van der Waals surface area contributed by atoms with E-state index < -0.39 is 22.7 Å². The van der Waals surface area contributed by atoms with Crippen molar-refractivity contribution >= 4 is 12.1 Å². The average molecular weight is 354 g/mol. The van der Waals surface area contributed by atoms with E-state index in [1.165, 1.54) is 4.90 Å². The zero-order chi connectivity index (χ0) is 19.9. The Hall–Kier alpha value is -1.78. The van der Waals surface area contributed by atoms with Gasteiger partial charge in [-0.05, 0) is 60.8 Å². The lowest BCUT2D eigenvalue weighted by Gasteiger charge is -2.34. The molecule has 0 atom stereocenters. The molecule has 0 saturated carbocycles. The first-order valence-electron chi connectivity index (χ1n) is 8.66. The summed E-state index contributed by atoms with van der Waals surface area (Å²) in [7, 11) is 1.66. The maximum Gasteiger partial charge on any atom is 0.410 e. The Balaban J connectivity index is 5.23. The number of hydrogen-bond donors (Lipinski definition) is 0. The van der Waals surface area contributed by atoms with Crippen LogP contribution in [0.5, 0.6) is 0 Å². The number of amides is 1. The van der Waals surface area contributed by atoms with Gasteiger partial charge in [-0.3, -0.25) is 4.79 Å². The summed E-state index contributed by atoms with van der Waals surface area (Å²) < 4.78 is 11.0. The molecule has 0 aliphatic rings. The number of carbonyl (C=O) groups excluding carboxylic acids is 2. The van der Waals surface area contributed by atoms with E-state index >= 15 is 0 Å². The lowest BCUT2D eigenvalue weighted by atomic mass is 9.77. The predicted molar refractivity (Wildman–Crippen MR) is 101 cm³/mol. The summed E-state index contributed by atoms with van der Waals surface area (Å²) in [6.07, 6.45) is 4.35. The van der Waals surface area contributed by atoms with Gasteiger partial charge < -0.3 is 14.4 Å². The van der Waals surface area contributed by atoms with Crippen molar-refractivity contribution in [2.24, 2.45) is 5.41 Å². The Labute approximate surface area is 153 Å². The molecule has 144 valence electrons. The minimum absolute atomic E-state index is 0.294. The summed E-state index contributed by atoms with van der Waals surface area (Å²) in [5, 5.41) is 0. The van der Waals surface area contributed by atoms with Gasteiger partial charge in [-0.1, -0.05) is 12.2 Å². The first-order chi connectivity index (χ1) is 11.3. The lowest BCUT2D eigenvalue weighted by Crippen LogP contribution is -2.41. The molecular formula is C20H35NO4. The van der Waals surface area contributed by atoms with Crippen LogP contribution in [0.3, 0.4) is 0 Å². The van der Waals surface area contributed by atoms with E-state index in [0.717, 1.165) is 0 Å². The van der Waals surface area contributed by atoms with Crippen LogP contribution >= 0.6 is 0 Å². The number of carbonyl (C=O) groups is 2. The minimum Gasteiger partial charge on any atom is -0.460 e. The predicted octanol–water partition coefficient (Wildman–Crippen LogP) is 4.72. The molecular weight excluding hydrogens is 318 g/mol. The zero-order valence-corrected chi connectivity index (χ0v) is 17.0. The molecule has 0 heterocycles. The van der Waals surface area contributed by atoms with E-state index in [0.29, 0.717) is 25.8 Å². The number of allylic oxidation sites excluding steroid dienone is 2. The van der Waals surface area contributed by atoms with Crippen molar-refractivity contribution in [3.05, 3.63) is 25.3 Å². The van der Waals surface area contributed by atoms with Crippen LogP contribution in [0.4, 0.5) is 4.79 Å². The molecule has 0 fully saturated rings. The number of hydrogen-bond acceptors (Lipinski definition) is 4. The number of ether oxygens (including phenoxy) is 2. The summed E-state index contributed by atoms with van der Waals surface area (Å²) in [6.45, 7) is 18.9. The normalized spacial score (nSPS) is 12.3. The second kappa shape index (κ2) is 9.07. The topological polar surface area (TPSA) is 55.8 Å². The highest BCUT2D eigenvalue weighted by Gasteiger charge is 2.40. The lowest BCUT2D eigenvalue weighted by molar-refractivity contribution is -0.168. The first kappa shape index (κ1) is 23.2. The van der Waals surface area contributed by atoms with E-state index in [2.05, 4.69) is 13.2 Å². The molecule has 0 aliphatic heterocycles. The molecule has 5 nitrogen and oxygen atoms in total. The van der Waals surface area contributed by atoms with Crippen molar-refractivity contribution in [1.29, 1.82) is 0 Å². The second-order valence-electron chi connectivity index (χ2n) is 8.42. The largest absolute Gasteiger partial charge is 0.460 e. The molecule has 0 unspecified atom stereocenters. The van der Waals surface area contributed by atoms with E-state index in [4.69, 9.17) is 9.47 Å². The van der Waals surface area contributed by atoms with E-state index in [-0.39, 0.29) is 5.97 Å². The number of rotatable bonds is 8. The van der Waals surface area contributed by atoms with Crippen molar-refractivity contribution in [2.45, 2.75) is 72.0 Å². The van der Waals surface area contributed by atoms with Crippen LogP contribution in [0, 0.1) is 5.41 Å². The van der Waals surface area contributed by atoms with Crippen LogP contribution in [0.25, 0.3) is 0 Å². The van der Waals surface area contributed by atoms with E-state index in [9.17, 15) is 9.59 Å². The van der Waals surface area contributed by atoms with Gasteiger partial charge in [-0.15, -0.1) is 13.2 Å². The SMILES string of the molecule is C=CCC(CC=C)(CCN(C)C(=O)OC(C)(C)C)C(=O)OC(C)(C)C. The quantitative estimate of drug-likeness (QED) is 0.468. The van der Waals surface area contributed by atoms with Crippen LogP contribution in [0.15, 0.2) is 25.3 Å². The van der Waals surface area contributed by atoms with Crippen LogP contribution in [0.1, 0.15) is 60.8 Å². The van der Waals surface area contributed by atoms with Crippen LogP contribution < -0.4 is 0 Å². The van der Waals surface area contributed by atoms with Gasteiger partial charge >= 0.3 is 12.1 Å². The maximum atomic E-state index is 12.8. The third-order valence-electron chi connectivity index (χ3n) is 3.53. The highest BCUT2D eigenvalue weighted by atomic mass is 16.6. The third kappa shape index (κ3) is 8.75. The molecule has 25 heavy (non-hydrogen) atoms. The summed E-state index contributed by atoms with van der Waals surface area (Å²) in [4.78, 5) is 26.4. The molecule has 0 aliphatic carbocycles. The van der Waals surface area contributed by atoms with Crippen LogP contribution in [-0.4, -0.2) is 41.8 Å². The van der Waals surface area contributed by atoms with Crippen molar-refractivity contribution in [3.63, 3.8) is 0 Å². The Kier molecular flexibility index (Phi) is 8.42. The standard InChI is InChI=1S/C20H35NO4/c1-10-12-20(13-11-2,16(22)24-18(3,4)5)14-15-21(9)17(23)25-19(6,7)8/h10-11H,1-2,12-15H2,3-9H3. The molecule has 0 aromatic carbocycles. The van der Waals surface area contributed by atoms with Gasteiger partial charge in [0.1, 0.15) is 11.2 Å². The van der Waals surface area contributed by atoms with Crippen molar-refractivity contribution in [2.75, 3.05) is 13.6 Å². The highest BCUT2D eigenvalue weighted by Crippen LogP contribution is 2.35. The Morgan fingerprint density at radius 2 is 1.36 bits per heavy atom. The average Bonchev–Trinajstić information content (AvgIpc) is 2.41. The Bertz CT molecular complexity index is 473.